The summed E-state index contributed by atoms with van der Waals surface area (Å²) in [7, 11) is 0. The minimum atomic E-state index is -0.218. The second-order valence-corrected chi connectivity index (χ2v) is 5.40. The maximum Gasteiger partial charge on any atom is 0.125 e. The average molecular weight is 300 g/mol. The van der Waals surface area contributed by atoms with E-state index in [0.29, 0.717) is 0 Å². The molecule has 1 N–H and O–H groups in total. The van der Waals surface area contributed by atoms with Crippen molar-refractivity contribution in [2.75, 3.05) is 5.32 Å². The van der Waals surface area contributed by atoms with Gasteiger partial charge in [-0.15, -0.1) is 11.3 Å². The first-order valence-electron chi connectivity index (χ1n) is 4.91. The maximum absolute atomic E-state index is 13.0. The molecule has 0 aliphatic carbocycles. The van der Waals surface area contributed by atoms with Gasteiger partial charge < -0.3 is 5.32 Å². The number of nitrogens with one attached hydrogen (secondary N) is 1. The quantitative estimate of drug-likeness (QED) is 0.856. The summed E-state index contributed by atoms with van der Waals surface area (Å²) < 4.78 is 14.1. The molecule has 0 radical (unpaired) electrons. The highest BCUT2D eigenvalue weighted by atomic mass is 79.9. The fourth-order valence-corrected chi connectivity index (χ4v) is 2.91. The van der Waals surface area contributed by atoms with Crippen molar-refractivity contribution in [2.45, 2.75) is 13.0 Å². The topological polar surface area (TPSA) is 12.0 Å². The summed E-state index contributed by atoms with van der Waals surface area (Å²) in [5, 5.41) is 5.30. The van der Waals surface area contributed by atoms with Gasteiger partial charge in [0.15, 0.2) is 0 Å². The first kappa shape index (κ1) is 11.6. The molecule has 1 heterocycles. The van der Waals surface area contributed by atoms with Crippen molar-refractivity contribution in [3.8, 4) is 0 Å². The molecule has 1 atom stereocenters. The van der Waals surface area contributed by atoms with Gasteiger partial charge in [0.1, 0.15) is 5.82 Å². The number of rotatable bonds is 3. The lowest BCUT2D eigenvalue weighted by molar-refractivity contribution is 0.628. The zero-order valence-electron chi connectivity index (χ0n) is 8.71. The third-order valence-corrected chi connectivity index (χ3v) is 4.10. The first-order valence-corrected chi connectivity index (χ1v) is 6.58. The zero-order chi connectivity index (χ0) is 11.5. The SMILES string of the molecule is CC(Nc1cccc(F)c1)c1cc(Br)cs1. The fraction of sp³-hybridized carbons (Fsp3) is 0.167. The van der Waals surface area contributed by atoms with Crippen LogP contribution in [-0.2, 0) is 0 Å². The van der Waals surface area contributed by atoms with Gasteiger partial charge in [-0.2, -0.15) is 0 Å². The Balaban J connectivity index is 2.10. The van der Waals surface area contributed by atoms with Crippen molar-refractivity contribution in [3.05, 3.63) is 50.9 Å². The molecule has 84 valence electrons. The lowest BCUT2D eigenvalue weighted by atomic mass is 10.2. The second-order valence-electron chi connectivity index (χ2n) is 3.54. The molecular formula is C12H11BrFNS. The van der Waals surface area contributed by atoms with Gasteiger partial charge >= 0.3 is 0 Å². The lowest BCUT2D eigenvalue weighted by Crippen LogP contribution is -2.04. The summed E-state index contributed by atoms with van der Waals surface area (Å²) in [5.74, 6) is -0.218. The van der Waals surface area contributed by atoms with Crippen LogP contribution in [0.1, 0.15) is 17.8 Å². The molecule has 0 aliphatic rings. The Kier molecular flexibility index (Phi) is 3.61. The van der Waals surface area contributed by atoms with Crippen LogP contribution in [0.4, 0.5) is 10.1 Å². The van der Waals surface area contributed by atoms with Gasteiger partial charge in [-0.25, -0.2) is 4.39 Å². The van der Waals surface area contributed by atoms with E-state index in [9.17, 15) is 4.39 Å². The first-order chi connectivity index (χ1) is 7.65. The third kappa shape index (κ3) is 2.83. The molecule has 0 saturated carbocycles. The Morgan fingerprint density at radius 3 is 2.81 bits per heavy atom. The molecule has 16 heavy (non-hydrogen) atoms. The monoisotopic (exact) mass is 299 g/mol. The number of hydrogen-bond acceptors (Lipinski definition) is 2. The van der Waals surface area contributed by atoms with Crippen LogP contribution in [0.25, 0.3) is 0 Å². The summed E-state index contributed by atoms with van der Waals surface area (Å²) in [4.78, 5) is 1.22. The van der Waals surface area contributed by atoms with E-state index in [1.807, 2.05) is 11.4 Å². The van der Waals surface area contributed by atoms with Crippen LogP contribution in [0, 0.1) is 5.82 Å². The molecule has 0 amide bonds. The van der Waals surface area contributed by atoms with Gasteiger partial charge in [0.2, 0.25) is 0 Å². The Morgan fingerprint density at radius 1 is 1.38 bits per heavy atom. The van der Waals surface area contributed by atoms with Crippen LogP contribution in [0.2, 0.25) is 0 Å². The summed E-state index contributed by atoms with van der Waals surface area (Å²) in [6.45, 7) is 2.06. The van der Waals surface area contributed by atoms with E-state index in [-0.39, 0.29) is 11.9 Å². The molecule has 2 rings (SSSR count). The van der Waals surface area contributed by atoms with Crippen LogP contribution in [0.3, 0.4) is 0 Å². The average Bonchev–Trinajstić information content (AvgIpc) is 2.65. The van der Waals surface area contributed by atoms with E-state index in [1.54, 1.807) is 17.4 Å². The number of thiophene rings is 1. The predicted octanol–water partition coefficient (Wildman–Crippen LogP) is 4.82. The Labute approximate surface area is 106 Å². The minimum absolute atomic E-state index is 0.179. The molecule has 1 nitrogen and oxygen atoms in total. The van der Waals surface area contributed by atoms with E-state index >= 15 is 0 Å². The molecule has 0 fully saturated rings. The minimum Gasteiger partial charge on any atom is -0.378 e. The third-order valence-electron chi connectivity index (χ3n) is 2.22. The molecule has 4 heteroatoms. The molecule has 1 aromatic carbocycles. The van der Waals surface area contributed by atoms with Crippen molar-refractivity contribution in [3.63, 3.8) is 0 Å². The highest BCUT2D eigenvalue weighted by Gasteiger charge is 2.07. The Morgan fingerprint density at radius 2 is 2.19 bits per heavy atom. The van der Waals surface area contributed by atoms with Crippen molar-refractivity contribution in [1.29, 1.82) is 0 Å². The molecule has 2 aromatic rings. The predicted molar refractivity (Wildman–Crippen MR) is 70.5 cm³/mol. The highest BCUT2D eigenvalue weighted by Crippen LogP contribution is 2.27. The molecule has 1 unspecified atom stereocenters. The Bertz CT molecular complexity index is 483. The number of anilines is 1. The standard InChI is InChI=1S/C12H11BrFNS/c1-8(12-5-9(13)7-16-12)15-11-4-2-3-10(14)6-11/h2-8,15H,1H3. The van der Waals surface area contributed by atoms with E-state index in [0.717, 1.165) is 10.2 Å². The summed E-state index contributed by atoms with van der Waals surface area (Å²) in [5.41, 5.74) is 0.803. The van der Waals surface area contributed by atoms with Crippen molar-refractivity contribution < 1.29 is 4.39 Å². The summed E-state index contributed by atoms with van der Waals surface area (Å²) in [6, 6.07) is 8.76. The van der Waals surface area contributed by atoms with Gasteiger partial charge in [-0.3, -0.25) is 0 Å². The molecule has 0 bridgehead atoms. The van der Waals surface area contributed by atoms with Crippen molar-refractivity contribution in [2.24, 2.45) is 0 Å². The van der Waals surface area contributed by atoms with E-state index < -0.39 is 0 Å². The summed E-state index contributed by atoms with van der Waals surface area (Å²) in [6.07, 6.45) is 0. The van der Waals surface area contributed by atoms with Gasteiger partial charge in [0.25, 0.3) is 0 Å². The number of benzene rings is 1. The smallest absolute Gasteiger partial charge is 0.125 e. The zero-order valence-corrected chi connectivity index (χ0v) is 11.1. The molecule has 0 spiro atoms. The van der Waals surface area contributed by atoms with E-state index in [1.165, 1.54) is 17.0 Å². The number of hydrogen-bond donors (Lipinski definition) is 1. The summed E-state index contributed by atoms with van der Waals surface area (Å²) >= 11 is 5.10. The molecule has 1 aromatic heterocycles. The molecule has 0 saturated heterocycles. The fourth-order valence-electron chi connectivity index (χ4n) is 1.45. The van der Waals surface area contributed by atoms with Gasteiger partial charge in [-0.05, 0) is 47.1 Å². The highest BCUT2D eigenvalue weighted by molar-refractivity contribution is 9.10. The van der Waals surface area contributed by atoms with Crippen molar-refractivity contribution in [1.82, 2.24) is 0 Å². The van der Waals surface area contributed by atoms with Crippen LogP contribution in [0.15, 0.2) is 40.2 Å². The largest absolute Gasteiger partial charge is 0.378 e. The maximum atomic E-state index is 13.0. The van der Waals surface area contributed by atoms with Gasteiger partial charge in [-0.1, -0.05) is 6.07 Å². The molecule has 0 aliphatic heterocycles. The van der Waals surface area contributed by atoms with Crippen LogP contribution in [0.5, 0.6) is 0 Å². The van der Waals surface area contributed by atoms with Crippen LogP contribution < -0.4 is 5.32 Å². The van der Waals surface area contributed by atoms with Gasteiger partial charge in [0.05, 0.1) is 6.04 Å². The lowest BCUT2D eigenvalue weighted by Gasteiger charge is -2.13. The van der Waals surface area contributed by atoms with Crippen LogP contribution >= 0.6 is 27.3 Å². The Hall–Kier alpha value is -0.870. The van der Waals surface area contributed by atoms with Crippen molar-refractivity contribution >= 4 is 33.0 Å². The van der Waals surface area contributed by atoms with E-state index in [4.69, 9.17) is 0 Å². The second kappa shape index (κ2) is 4.97. The number of halogens is 2. The van der Waals surface area contributed by atoms with E-state index in [2.05, 4.69) is 34.2 Å². The molecular weight excluding hydrogens is 289 g/mol. The normalized spacial score (nSPS) is 12.4. The van der Waals surface area contributed by atoms with Crippen LogP contribution in [-0.4, -0.2) is 0 Å². The van der Waals surface area contributed by atoms with Gasteiger partial charge in [0, 0.05) is 20.4 Å².